The molecule has 1 aromatic rings. The molecule has 2 rings (SSSR count). The van der Waals surface area contributed by atoms with Crippen LogP contribution in [0.25, 0.3) is 0 Å². The molecule has 0 aromatic heterocycles. The number of nitrogens with zero attached hydrogens (tertiary/aromatic N) is 1. The molecule has 1 atom stereocenters. The minimum absolute atomic E-state index is 0.0539. The molecule has 0 aliphatic carbocycles. The predicted molar refractivity (Wildman–Crippen MR) is 79.5 cm³/mol. The first kappa shape index (κ1) is 15.4. The number of amides is 1. The standard InChI is InChI=1S/C15H22N2O4/c1-10-9-16-7-8-17(10)15(18)11-5-6-12(19-2)14(21-4)13(11)20-3/h5-6,10,16H,7-9H2,1-4H3/t10-/m1/s1. The van der Waals surface area contributed by atoms with Crippen LogP contribution in [0.15, 0.2) is 12.1 Å². The van der Waals surface area contributed by atoms with Crippen LogP contribution < -0.4 is 19.5 Å². The molecule has 0 bridgehead atoms. The monoisotopic (exact) mass is 294 g/mol. The van der Waals surface area contributed by atoms with Crippen LogP contribution in [0.4, 0.5) is 0 Å². The molecule has 1 amide bonds. The second-order valence-electron chi connectivity index (χ2n) is 4.93. The molecule has 6 heteroatoms. The topological polar surface area (TPSA) is 60.0 Å². The summed E-state index contributed by atoms with van der Waals surface area (Å²) in [5.41, 5.74) is 0.490. The van der Waals surface area contributed by atoms with Crippen molar-refractivity contribution < 1.29 is 19.0 Å². The fourth-order valence-corrected chi connectivity index (χ4v) is 2.57. The molecule has 1 saturated heterocycles. The quantitative estimate of drug-likeness (QED) is 0.902. The maximum Gasteiger partial charge on any atom is 0.258 e. The number of methoxy groups -OCH3 is 3. The Kier molecular flexibility index (Phi) is 4.90. The van der Waals surface area contributed by atoms with Crippen LogP contribution >= 0.6 is 0 Å². The first-order valence-electron chi connectivity index (χ1n) is 6.94. The number of hydrogen-bond donors (Lipinski definition) is 1. The van der Waals surface area contributed by atoms with Crippen molar-refractivity contribution in [2.45, 2.75) is 13.0 Å². The molecular formula is C15H22N2O4. The van der Waals surface area contributed by atoms with Crippen molar-refractivity contribution in [3.63, 3.8) is 0 Å². The van der Waals surface area contributed by atoms with Crippen LogP contribution in [0.2, 0.25) is 0 Å². The average molecular weight is 294 g/mol. The maximum absolute atomic E-state index is 12.8. The van der Waals surface area contributed by atoms with Crippen LogP contribution in [0.3, 0.4) is 0 Å². The number of carbonyl (C=O) groups is 1. The zero-order valence-corrected chi connectivity index (χ0v) is 12.9. The van der Waals surface area contributed by atoms with Crippen LogP contribution in [-0.4, -0.2) is 57.8 Å². The van der Waals surface area contributed by atoms with Gasteiger partial charge in [-0.15, -0.1) is 0 Å². The summed E-state index contributed by atoms with van der Waals surface area (Å²) in [6.45, 7) is 4.29. The molecule has 1 aliphatic heterocycles. The molecule has 1 aliphatic rings. The van der Waals surface area contributed by atoms with Crippen molar-refractivity contribution in [3.05, 3.63) is 17.7 Å². The molecule has 1 heterocycles. The van der Waals surface area contributed by atoms with Crippen molar-refractivity contribution in [1.29, 1.82) is 0 Å². The summed E-state index contributed by atoms with van der Waals surface area (Å²) < 4.78 is 16.0. The molecule has 0 unspecified atom stereocenters. The van der Waals surface area contributed by atoms with Gasteiger partial charge in [0.1, 0.15) is 0 Å². The Bertz CT molecular complexity index is 519. The summed E-state index contributed by atoms with van der Waals surface area (Å²) in [6.07, 6.45) is 0. The molecule has 1 fully saturated rings. The van der Waals surface area contributed by atoms with Crippen molar-refractivity contribution in [2.24, 2.45) is 0 Å². The van der Waals surface area contributed by atoms with Gasteiger partial charge in [-0.2, -0.15) is 0 Å². The highest BCUT2D eigenvalue weighted by Crippen LogP contribution is 2.40. The molecule has 0 spiro atoms. The third-order valence-corrected chi connectivity index (χ3v) is 3.70. The summed E-state index contributed by atoms with van der Waals surface area (Å²) in [6, 6.07) is 3.59. The molecule has 116 valence electrons. The largest absolute Gasteiger partial charge is 0.493 e. The van der Waals surface area contributed by atoms with Crippen molar-refractivity contribution in [3.8, 4) is 17.2 Å². The molecule has 0 radical (unpaired) electrons. The summed E-state index contributed by atoms with van der Waals surface area (Å²) >= 11 is 0. The average Bonchev–Trinajstić information content (AvgIpc) is 2.52. The SMILES string of the molecule is COc1ccc(C(=O)N2CCNC[C@H]2C)c(OC)c1OC. The van der Waals surface area contributed by atoms with E-state index in [2.05, 4.69) is 5.32 Å². The van der Waals surface area contributed by atoms with E-state index >= 15 is 0 Å². The van der Waals surface area contributed by atoms with Gasteiger partial charge in [-0.3, -0.25) is 4.79 Å². The third-order valence-electron chi connectivity index (χ3n) is 3.70. The molecule has 1 N–H and O–H groups in total. The third kappa shape index (κ3) is 2.90. The Morgan fingerprint density at radius 2 is 1.90 bits per heavy atom. The predicted octanol–water partition coefficient (Wildman–Crippen LogP) is 1.15. The highest BCUT2D eigenvalue weighted by atomic mass is 16.5. The van der Waals surface area contributed by atoms with Gasteiger partial charge in [0.2, 0.25) is 5.75 Å². The lowest BCUT2D eigenvalue weighted by molar-refractivity contribution is 0.0651. The number of ether oxygens (including phenoxy) is 3. The minimum atomic E-state index is -0.0539. The van der Waals surface area contributed by atoms with Gasteiger partial charge >= 0.3 is 0 Å². The van der Waals surface area contributed by atoms with Gasteiger partial charge in [0.15, 0.2) is 11.5 Å². The van der Waals surface area contributed by atoms with Crippen molar-refractivity contribution in [2.75, 3.05) is 41.0 Å². The number of nitrogens with one attached hydrogen (secondary N) is 1. The second-order valence-corrected chi connectivity index (χ2v) is 4.93. The van der Waals surface area contributed by atoms with E-state index in [0.717, 1.165) is 13.1 Å². The maximum atomic E-state index is 12.8. The van der Waals surface area contributed by atoms with Crippen LogP contribution in [0.5, 0.6) is 17.2 Å². The van der Waals surface area contributed by atoms with E-state index in [1.54, 1.807) is 19.2 Å². The molecule has 0 saturated carbocycles. The van der Waals surface area contributed by atoms with Crippen LogP contribution in [0.1, 0.15) is 17.3 Å². The van der Waals surface area contributed by atoms with Gasteiger partial charge in [0.25, 0.3) is 5.91 Å². The van der Waals surface area contributed by atoms with Gasteiger partial charge in [0, 0.05) is 25.7 Å². The zero-order chi connectivity index (χ0) is 15.4. The van der Waals surface area contributed by atoms with Gasteiger partial charge < -0.3 is 24.4 Å². The van der Waals surface area contributed by atoms with Gasteiger partial charge in [-0.1, -0.05) is 0 Å². The van der Waals surface area contributed by atoms with Crippen molar-refractivity contribution >= 4 is 5.91 Å². The minimum Gasteiger partial charge on any atom is -0.493 e. The van der Waals surface area contributed by atoms with Gasteiger partial charge in [-0.25, -0.2) is 0 Å². The Labute approximate surface area is 125 Å². The lowest BCUT2D eigenvalue weighted by atomic mass is 10.1. The molecular weight excluding hydrogens is 272 g/mol. The number of piperazine rings is 1. The molecule has 6 nitrogen and oxygen atoms in total. The van der Waals surface area contributed by atoms with E-state index < -0.39 is 0 Å². The van der Waals surface area contributed by atoms with Crippen LogP contribution in [0, 0.1) is 0 Å². The Balaban J connectivity index is 2.40. The number of rotatable bonds is 4. The van der Waals surface area contributed by atoms with Crippen LogP contribution in [-0.2, 0) is 0 Å². The first-order valence-corrected chi connectivity index (χ1v) is 6.94. The van der Waals surface area contributed by atoms with E-state index in [1.807, 2.05) is 11.8 Å². The van der Waals surface area contributed by atoms with E-state index in [0.29, 0.717) is 29.4 Å². The number of hydrogen-bond acceptors (Lipinski definition) is 5. The second kappa shape index (κ2) is 6.67. The molecule has 21 heavy (non-hydrogen) atoms. The van der Waals surface area contributed by atoms with E-state index in [1.165, 1.54) is 14.2 Å². The molecule has 1 aromatic carbocycles. The highest BCUT2D eigenvalue weighted by molar-refractivity contribution is 5.98. The highest BCUT2D eigenvalue weighted by Gasteiger charge is 2.28. The zero-order valence-electron chi connectivity index (χ0n) is 12.9. The van der Waals surface area contributed by atoms with Gasteiger partial charge in [-0.05, 0) is 19.1 Å². The summed E-state index contributed by atoms with van der Waals surface area (Å²) in [7, 11) is 4.61. The van der Waals surface area contributed by atoms with Crippen molar-refractivity contribution in [1.82, 2.24) is 10.2 Å². The fraction of sp³-hybridized carbons (Fsp3) is 0.533. The smallest absolute Gasteiger partial charge is 0.258 e. The number of carbonyl (C=O) groups excluding carboxylic acids is 1. The Hall–Kier alpha value is -1.95. The summed E-state index contributed by atoms with van der Waals surface area (Å²) in [5, 5.41) is 3.27. The lowest BCUT2D eigenvalue weighted by Gasteiger charge is -2.34. The number of benzene rings is 1. The van der Waals surface area contributed by atoms with E-state index in [9.17, 15) is 4.79 Å². The Morgan fingerprint density at radius 3 is 2.48 bits per heavy atom. The van der Waals surface area contributed by atoms with Gasteiger partial charge in [0.05, 0.1) is 26.9 Å². The summed E-state index contributed by atoms with van der Waals surface area (Å²) in [5.74, 6) is 1.34. The first-order chi connectivity index (χ1) is 10.1. The normalized spacial score (nSPS) is 18.3. The lowest BCUT2D eigenvalue weighted by Crippen LogP contribution is -2.52. The fourth-order valence-electron chi connectivity index (χ4n) is 2.57. The van der Waals surface area contributed by atoms with E-state index in [-0.39, 0.29) is 11.9 Å². The Morgan fingerprint density at radius 1 is 1.19 bits per heavy atom. The summed E-state index contributed by atoms with van der Waals surface area (Å²) in [4.78, 5) is 14.6. The van der Waals surface area contributed by atoms with E-state index in [4.69, 9.17) is 14.2 Å².